The van der Waals surface area contributed by atoms with Crippen LogP contribution in [0.3, 0.4) is 0 Å². The predicted octanol–water partition coefficient (Wildman–Crippen LogP) is 1.77. The van der Waals surface area contributed by atoms with Crippen LogP contribution in [0.4, 0.5) is 0 Å². The molecule has 1 heterocycles. The van der Waals surface area contributed by atoms with Crippen molar-refractivity contribution in [2.24, 2.45) is 0 Å². The lowest BCUT2D eigenvalue weighted by Crippen LogP contribution is -2.43. The van der Waals surface area contributed by atoms with Crippen molar-refractivity contribution < 1.29 is 14.6 Å². The Balaban J connectivity index is 1.65. The molecule has 4 nitrogen and oxygen atoms in total. The molecule has 1 N–H and O–H groups in total. The third-order valence-corrected chi connectivity index (χ3v) is 4.32. The second-order valence-corrected chi connectivity index (χ2v) is 5.60. The van der Waals surface area contributed by atoms with E-state index in [1.807, 2.05) is 0 Å². The van der Waals surface area contributed by atoms with E-state index in [2.05, 4.69) is 11.9 Å². The van der Waals surface area contributed by atoms with E-state index in [-0.39, 0.29) is 5.79 Å². The Hall–Kier alpha value is -0.160. The first-order chi connectivity index (χ1) is 8.76. The number of hydrogen-bond acceptors (Lipinski definition) is 4. The minimum absolute atomic E-state index is 0.228. The molecule has 1 aliphatic carbocycles. The number of hydrogen-bond donors (Lipinski definition) is 1. The van der Waals surface area contributed by atoms with Crippen LogP contribution in [0, 0.1) is 0 Å². The standard InChI is InChI=1S/C14H27NO3/c1-15(9-3-2-4-10-16)13-5-7-14(8-6-13)17-11-12-18-14/h13,16H,2-12H2,1H3. The molecule has 0 radical (unpaired) electrons. The fourth-order valence-electron chi connectivity index (χ4n) is 3.10. The van der Waals surface area contributed by atoms with Crippen molar-refractivity contribution in [2.45, 2.75) is 56.8 Å². The average molecular weight is 257 g/mol. The van der Waals surface area contributed by atoms with Crippen molar-refractivity contribution >= 4 is 0 Å². The van der Waals surface area contributed by atoms with Crippen molar-refractivity contribution in [2.75, 3.05) is 33.4 Å². The van der Waals surface area contributed by atoms with Gasteiger partial charge in [-0.1, -0.05) is 0 Å². The summed E-state index contributed by atoms with van der Waals surface area (Å²) in [6, 6.07) is 0.678. The van der Waals surface area contributed by atoms with Crippen LogP contribution in [-0.2, 0) is 9.47 Å². The summed E-state index contributed by atoms with van der Waals surface area (Å²) in [5, 5.41) is 8.76. The number of ether oxygens (including phenoxy) is 2. The highest BCUT2D eigenvalue weighted by Crippen LogP contribution is 2.37. The number of unbranched alkanes of at least 4 members (excludes halogenated alkanes) is 2. The van der Waals surface area contributed by atoms with Gasteiger partial charge in [-0.3, -0.25) is 0 Å². The molecule has 0 aromatic rings. The summed E-state index contributed by atoms with van der Waals surface area (Å²) in [4.78, 5) is 2.47. The van der Waals surface area contributed by atoms with Crippen LogP contribution in [0.15, 0.2) is 0 Å². The Kier molecular flexibility index (Phi) is 5.42. The van der Waals surface area contributed by atoms with Gasteiger partial charge < -0.3 is 19.5 Å². The van der Waals surface area contributed by atoms with Crippen molar-refractivity contribution in [3.05, 3.63) is 0 Å². The Morgan fingerprint density at radius 1 is 1.11 bits per heavy atom. The van der Waals surface area contributed by atoms with Gasteiger partial charge in [0, 0.05) is 25.5 Å². The van der Waals surface area contributed by atoms with Gasteiger partial charge in [-0.25, -0.2) is 0 Å². The zero-order valence-electron chi connectivity index (χ0n) is 11.6. The van der Waals surface area contributed by atoms with E-state index in [0.29, 0.717) is 12.6 Å². The first-order valence-corrected chi connectivity index (χ1v) is 7.35. The monoisotopic (exact) mass is 257 g/mol. The molecule has 0 unspecified atom stereocenters. The summed E-state index contributed by atoms with van der Waals surface area (Å²) < 4.78 is 11.5. The second-order valence-electron chi connectivity index (χ2n) is 5.60. The van der Waals surface area contributed by atoms with Crippen molar-refractivity contribution in [1.82, 2.24) is 4.90 Å². The fraction of sp³-hybridized carbons (Fsp3) is 1.00. The summed E-state index contributed by atoms with van der Waals surface area (Å²) in [6.07, 6.45) is 7.68. The average Bonchev–Trinajstić information content (AvgIpc) is 2.84. The van der Waals surface area contributed by atoms with Crippen molar-refractivity contribution in [3.63, 3.8) is 0 Å². The highest BCUT2D eigenvalue weighted by molar-refractivity contribution is 4.85. The molecule has 106 valence electrons. The van der Waals surface area contributed by atoms with E-state index in [9.17, 15) is 0 Å². The minimum atomic E-state index is -0.228. The summed E-state index contributed by atoms with van der Waals surface area (Å²) in [6.45, 7) is 2.99. The molecule has 0 amide bonds. The Morgan fingerprint density at radius 2 is 1.78 bits per heavy atom. The Bertz CT molecular complexity index is 231. The summed E-state index contributed by atoms with van der Waals surface area (Å²) in [5.74, 6) is -0.228. The Labute approximate surface area is 110 Å². The first kappa shape index (κ1) is 14.3. The van der Waals surface area contributed by atoms with Crippen LogP contribution >= 0.6 is 0 Å². The molecular weight excluding hydrogens is 230 g/mol. The molecule has 1 aliphatic heterocycles. The van der Waals surface area contributed by atoms with Crippen molar-refractivity contribution in [1.29, 1.82) is 0 Å². The van der Waals surface area contributed by atoms with E-state index in [1.165, 1.54) is 19.3 Å². The smallest absolute Gasteiger partial charge is 0.168 e. The maximum Gasteiger partial charge on any atom is 0.168 e. The molecule has 0 aromatic heterocycles. The molecule has 18 heavy (non-hydrogen) atoms. The first-order valence-electron chi connectivity index (χ1n) is 7.35. The van der Waals surface area contributed by atoms with E-state index in [0.717, 1.165) is 45.4 Å². The van der Waals surface area contributed by atoms with Crippen LogP contribution in [0.2, 0.25) is 0 Å². The fourth-order valence-corrected chi connectivity index (χ4v) is 3.10. The topological polar surface area (TPSA) is 41.9 Å². The quantitative estimate of drug-likeness (QED) is 0.736. The highest BCUT2D eigenvalue weighted by atomic mass is 16.7. The van der Waals surface area contributed by atoms with Crippen LogP contribution < -0.4 is 0 Å². The van der Waals surface area contributed by atoms with Gasteiger partial charge in [0.1, 0.15) is 0 Å². The van der Waals surface area contributed by atoms with Gasteiger partial charge >= 0.3 is 0 Å². The lowest BCUT2D eigenvalue weighted by molar-refractivity contribution is -0.183. The summed E-state index contributed by atoms with van der Waals surface area (Å²) >= 11 is 0. The maximum absolute atomic E-state index is 8.76. The molecule has 4 heteroatoms. The van der Waals surface area contributed by atoms with Crippen LogP contribution in [0.1, 0.15) is 44.9 Å². The normalized spacial score (nSPS) is 24.2. The Morgan fingerprint density at radius 3 is 2.39 bits per heavy atom. The number of rotatable bonds is 6. The van der Waals surface area contributed by atoms with Gasteiger partial charge in [-0.2, -0.15) is 0 Å². The van der Waals surface area contributed by atoms with Gasteiger partial charge in [0.15, 0.2) is 5.79 Å². The van der Waals surface area contributed by atoms with E-state index in [4.69, 9.17) is 14.6 Å². The molecule has 1 saturated carbocycles. The lowest BCUT2D eigenvalue weighted by Gasteiger charge is -2.39. The maximum atomic E-state index is 8.76. The number of aliphatic hydroxyl groups is 1. The minimum Gasteiger partial charge on any atom is -0.396 e. The van der Waals surface area contributed by atoms with Gasteiger partial charge in [-0.15, -0.1) is 0 Å². The molecule has 1 saturated heterocycles. The zero-order valence-corrected chi connectivity index (χ0v) is 11.6. The second kappa shape index (κ2) is 6.85. The predicted molar refractivity (Wildman–Crippen MR) is 70.5 cm³/mol. The molecule has 0 aromatic carbocycles. The van der Waals surface area contributed by atoms with Gasteiger partial charge in [0.05, 0.1) is 13.2 Å². The molecule has 2 fully saturated rings. The SMILES string of the molecule is CN(CCCCCO)C1CCC2(CC1)OCCO2. The number of nitrogens with zero attached hydrogens (tertiary/aromatic N) is 1. The van der Waals surface area contributed by atoms with E-state index < -0.39 is 0 Å². The summed E-state index contributed by atoms with van der Waals surface area (Å²) in [5.41, 5.74) is 0. The zero-order chi connectivity index (χ0) is 12.8. The van der Waals surface area contributed by atoms with Crippen LogP contribution in [0.5, 0.6) is 0 Å². The van der Waals surface area contributed by atoms with Gasteiger partial charge in [0.2, 0.25) is 0 Å². The van der Waals surface area contributed by atoms with Crippen LogP contribution in [0.25, 0.3) is 0 Å². The van der Waals surface area contributed by atoms with E-state index >= 15 is 0 Å². The molecule has 0 bridgehead atoms. The van der Waals surface area contributed by atoms with E-state index in [1.54, 1.807) is 0 Å². The molecule has 1 spiro atoms. The lowest BCUT2D eigenvalue weighted by atomic mass is 9.89. The largest absolute Gasteiger partial charge is 0.396 e. The number of aliphatic hydroxyl groups excluding tert-OH is 1. The third-order valence-electron chi connectivity index (χ3n) is 4.32. The molecule has 2 aliphatic rings. The summed E-state index contributed by atoms with van der Waals surface area (Å²) in [7, 11) is 2.22. The third kappa shape index (κ3) is 3.67. The molecular formula is C14H27NO3. The molecule has 2 rings (SSSR count). The molecule has 0 atom stereocenters. The van der Waals surface area contributed by atoms with Crippen molar-refractivity contribution in [3.8, 4) is 0 Å². The highest BCUT2D eigenvalue weighted by Gasteiger charge is 2.40. The van der Waals surface area contributed by atoms with Gasteiger partial charge in [0.25, 0.3) is 0 Å². The van der Waals surface area contributed by atoms with Gasteiger partial charge in [-0.05, 0) is 45.7 Å². The van der Waals surface area contributed by atoms with Crippen LogP contribution in [-0.4, -0.2) is 55.2 Å².